The topological polar surface area (TPSA) is 89.2 Å². The lowest BCUT2D eigenvalue weighted by Gasteiger charge is -2.68. The Labute approximate surface area is 207 Å². The number of aromatic nitrogens is 7. The maximum absolute atomic E-state index is 13.9. The first-order valence-electron chi connectivity index (χ1n) is 12.3. The third kappa shape index (κ3) is 3.62. The molecule has 0 spiro atoms. The lowest BCUT2D eigenvalue weighted by molar-refractivity contribution is -0.226. The van der Waals surface area contributed by atoms with Crippen LogP contribution in [0.1, 0.15) is 37.6 Å². The minimum Gasteiger partial charge on any atom is -0.357 e. The van der Waals surface area contributed by atoms with Gasteiger partial charge in [0.25, 0.3) is 0 Å². The number of nitrogens with zero attached hydrogens (tertiary/aromatic N) is 6. The maximum Gasteiger partial charge on any atom is 0.182 e. The van der Waals surface area contributed by atoms with Crippen molar-refractivity contribution in [3.63, 3.8) is 0 Å². The smallest absolute Gasteiger partial charge is 0.182 e. The molecule has 5 heterocycles. The third-order valence-corrected chi connectivity index (χ3v) is 7.89. The predicted molar refractivity (Wildman–Crippen MR) is 134 cm³/mol. The SMILES string of the molecule is CC(NCc1cc2cnc(Cn3cnc(-c4cncc(-n5cccc5)c4)n3)cc2[nH]1)C12CC(F)(C1)C2. The molecule has 3 aliphatic rings. The van der Waals surface area contributed by atoms with E-state index in [1.54, 1.807) is 17.2 Å². The molecule has 3 aliphatic carbocycles. The molecule has 5 aromatic heterocycles. The number of rotatable bonds is 8. The monoisotopic (exact) mass is 482 g/mol. The Kier molecular flexibility index (Phi) is 4.66. The summed E-state index contributed by atoms with van der Waals surface area (Å²) in [6.07, 6.45) is 13.3. The molecule has 36 heavy (non-hydrogen) atoms. The molecule has 0 aromatic carbocycles. The molecular weight excluding hydrogens is 455 g/mol. The standard InChI is InChI=1S/C27H27FN8/c1-18(26-14-27(28,15-26)16-26)30-11-21-6-19-10-31-22(8-24(19)33-21)13-36-17-32-25(34-36)20-7-23(12-29-9-20)35-4-2-3-5-35/h2-10,12,17-18,30,33H,11,13-16H2,1H3. The van der Waals surface area contributed by atoms with Gasteiger partial charge in [-0.2, -0.15) is 5.10 Å². The molecule has 3 saturated carbocycles. The zero-order valence-electron chi connectivity index (χ0n) is 20.0. The van der Waals surface area contributed by atoms with Crippen molar-refractivity contribution in [3.8, 4) is 17.1 Å². The Morgan fingerprint density at radius 2 is 1.92 bits per heavy atom. The van der Waals surface area contributed by atoms with E-state index in [4.69, 9.17) is 0 Å². The van der Waals surface area contributed by atoms with Crippen LogP contribution in [-0.4, -0.2) is 46.0 Å². The molecule has 5 aromatic rings. The van der Waals surface area contributed by atoms with Gasteiger partial charge in [-0.25, -0.2) is 14.1 Å². The van der Waals surface area contributed by atoms with Gasteiger partial charge in [-0.1, -0.05) is 0 Å². The molecule has 0 amide bonds. The first kappa shape index (κ1) is 21.4. The van der Waals surface area contributed by atoms with Crippen LogP contribution in [0.15, 0.2) is 67.6 Å². The van der Waals surface area contributed by atoms with E-state index in [9.17, 15) is 4.39 Å². The minimum absolute atomic E-state index is 0.172. The quantitative estimate of drug-likeness (QED) is 0.342. The van der Waals surface area contributed by atoms with Crippen LogP contribution in [0.3, 0.4) is 0 Å². The van der Waals surface area contributed by atoms with Crippen molar-refractivity contribution in [2.45, 2.75) is 51.0 Å². The molecule has 2 bridgehead atoms. The summed E-state index contributed by atoms with van der Waals surface area (Å²) in [6.45, 7) is 3.43. The number of H-pyrrole nitrogens is 1. The van der Waals surface area contributed by atoms with E-state index < -0.39 is 5.67 Å². The van der Waals surface area contributed by atoms with Gasteiger partial charge >= 0.3 is 0 Å². The molecule has 2 N–H and O–H groups in total. The Morgan fingerprint density at radius 1 is 1.08 bits per heavy atom. The fourth-order valence-corrected chi connectivity index (χ4v) is 5.85. The predicted octanol–water partition coefficient (Wildman–Crippen LogP) is 4.43. The number of halogens is 1. The summed E-state index contributed by atoms with van der Waals surface area (Å²) in [5.41, 5.74) is 4.19. The Bertz CT molecular complexity index is 1530. The summed E-state index contributed by atoms with van der Waals surface area (Å²) in [5.74, 6) is 0.627. The van der Waals surface area contributed by atoms with Gasteiger partial charge in [0.2, 0.25) is 0 Å². The van der Waals surface area contributed by atoms with Gasteiger partial charge < -0.3 is 14.9 Å². The van der Waals surface area contributed by atoms with Crippen LogP contribution in [0.4, 0.5) is 4.39 Å². The second kappa shape index (κ2) is 7.83. The van der Waals surface area contributed by atoms with E-state index in [1.807, 2.05) is 47.6 Å². The average Bonchev–Trinajstić information content (AvgIpc) is 3.61. The first-order valence-corrected chi connectivity index (χ1v) is 12.3. The van der Waals surface area contributed by atoms with Gasteiger partial charge in [-0.15, -0.1) is 0 Å². The van der Waals surface area contributed by atoms with Crippen LogP contribution in [0.5, 0.6) is 0 Å². The Morgan fingerprint density at radius 3 is 2.72 bits per heavy atom. The number of hydrogen-bond acceptors (Lipinski definition) is 5. The van der Waals surface area contributed by atoms with Crippen molar-refractivity contribution in [2.24, 2.45) is 5.41 Å². The molecule has 8 rings (SSSR count). The van der Waals surface area contributed by atoms with Crippen LogP contribution in [0.2, 0.25) is 0 Å². The third-order valence-electron chi connectivity index (χ3n) is 7.89. The van der Waals surface area contributed by atoms with Gasteiger partial charge in [0.15, 0.2) is 5.82 Å². The van der Waals surface area contributed by atoms with E-state index >= 15 is 0 Å². The van der Waals surface area contributed by atoms with E-state index in [0.29, 0.717) is 37.7 Å². The molecule has 1 unspecified atom stereocenters. The second-order valence-electron chi connectivity index (χ2n) is 10.5. The van der Waals surface area contributed by atoms with Crippen molar-refractivity contribution < 1.29 is 4.39 Å². The number of alkyl halides is 1. The van der Waals surface area contributed by atoms with Gasteiger partial charge in [-0.3, -0.25) is 9.97 Å². The van der Waals surface area contributed by atoms with Crippen LogP contribution in [0, 0.1) is 5.41 Å². The highest BCUT2D eigenvalue weighted by atomic mass is 19.1. The van der Waals surface area contributed by atoms with Gasteiger partial charge in [0.1, 0.15) is 12.0 Å². The van der Waals surface area contributed by atoms with Crippen molar-refractivity contribution >= 4 is 10.9 Å². The maximum atomic E-state index is 13.9. The number of aromatic amines is 1. The highest BCUT2D eigenvalue weighted by Crippen LogP contribution is 2.70. The molecular formula is C27H27FN8. The first-order chi connectivity index (χ1) is 17.5. The second-order valence-corrected chi connectivity index (χ2v) is 10.5. The normalized spacial score (nSPS) is 23.4. The summed E-state index contributed by atoms with van der Waals surface area (Å²) >= 11 is 0. The largest absolute Gasteiger partial charge is 0.357 e. The molecule has 3 fully saturated rings. The van der Waals surface area contributed by atoms with Crippen molar-refractivity contribution in [2.75, 3.05) is 0 Å². The van der Waals surface area contributed by atoms with Crippen molar-refractivity contribution in [1.29, 1.82) is 0 Å². The van der Waals surface area contributed by atoms with Gasteiger partial charge in [0.05, 0.1) is 24.1 Å². The van der Waals surface area contributed by atoms with Crippen LogP contribution in [0.25, 0.3) is 28.0 Å². The van der Waals surface area contributed by atoms with E-state index in [0.717, 1.165) is 40.1 Å². The molecule has 1 atom stereocenters. The van der Waals surface area contributed by atoms with Gasteiger partial charge in [0, 0.05) is 59.5 Å². The molecule has 9 heteroatoms. The average molecular weight is 483 g/mol. The lowest BCUT2D eigenvalue weighted by atomic mass is 9.40. The zero-order valence-corrected chi connectivity index (χ0v) is 20.0. The van der Waals surface area contributed by atoms with E-state index in [-0.39, 0.29) is 5.41 Å². The van der Waals surface area contributed by atoms with E-state index in [1.165, 1.54) is 0 Å². The Balaban J connectivity index is 1.03. The van der Waals surface area contributed by atoms with Crippen molar-refractivity contribution in [3.05, 3.63) is 79.0 Å². The fraction of sp³-hybridized carbons (Fsp3) is 0.333. The van der Waals surface area contributed by atoms with Crippen molar-refractivity contribution in [1.82, 2.24) is 39.6 Å². The summed E-state index contributed by atoms with van der Waals surface area (Å²) in [7, 11) is 0. The van der Waals surface area contributed by atoms with Crippen LogP contribution in [-0.2, 0) is 13.1 Å². The number of pyridine rings is 2. The number of fused-ring (bicyclic) bond motifs is 1. The fourth-order valence-electron chi connectivity index (χ4n) is 5.85. The van der Waals surface area contributed by atoms with Crippen LogP contribution < -0.4 is 5.32 Å². The minimum atomic E-state index is -0.853. The number of nitrogens with one attached hydrogen (secondary N) is 2. The number of hydrogen-bond donors (Lipinski definition) is 2. The van der Waals surface area contributed by atoms with E-state index in [2.05, 4.69) is 49.4 Å². The highest BCUT2D eigenvalue weighted by molar-refractivity contribution is 5.79. The summed E-state index contributed by atoms with van der Waals surface area (Å²) in [5, 5.41) is 9.32. The summed E-state index contributed by atoms with van der Waals surface area (Å²) in [6, 6.07) is 10.5. The van der Waals surface area contributed by atoms with Gasteiger partial charge in [-0.05, 0) is 61.9 Å². The Hall–Kier alpha value is -3.85. The molecule has 8 nitrogen and oxygen atoms in total. The zero-order chi connectivity index (χ0) is 24.3. The summed E-state index contributed by atoms with van der Waals surface area (Å²) in [4.78, 5) is 17.0. The molecule has 182 valence electrons. The lowest BCUT2D eigenvalue weighted by Crippen LogP contribution is -2.70. The molecule has 0 saturated heterocycles. The van der Waals surface area contributed by atoms with Crippen LogP contribution >= 0.6 is 0 Å². The molecule has 0 radical (unpaired) electrons. The highest BCUT2D eigenvalue weighted by Gasteiger charge is 2.70. The molecule has 0 aliphatic heterocycles. The summed E-state index contributed by atoms with van der Waals surface area (Å²) < 4.78 is 17.7.